The summed E-state index contributed by atoms with van der Waals surface area (Å²) in [6.45, 7) is 6.34. The summed E-state index contributed by atoms with van der Waals surface area (Å²) in [5.74, 6) is 0.658. The van der Waals surface area contributed by atoms with Crippen LogP contribution in [0, 0.1) is 0 Å². The molecule has 0 saturated carbocycles. The second-order valence-corrected chi connectivity index (χ2v) is 4.69. The van der Waals surface area contributed by atoms with Crippen molar-refractivity contribution in [1.29, 1.82) is 0 Å². The topological polar surface area (TPSA) is 30.5 Å². The number of hydrogen-bond acceptors (Lipinski definition) is 3. The summed E-state index contributed by atoms with van der Waals surface area (Å²) in [5.41, 5.74) is 0.0773. The standard InChI is InChI=1S/C12H24ClNO2/c1-2-3-7-15-10-6-14-12(11-13)4-8-16-9-5-12/h14H,2-11H2,1H3. The van der Waals surface area contributed by atoms with Crippen molar-refractivity contribution >= 4 is 11.6 Å². The first-order valence-corrected chi connectivity index (χ1v) is 6.83. The SMILES string of the molecule is CCCCOCCNC1(CCl)CCOCC1. The highest BCUT2D eigenvalue weighted by Gasteiger charge is 2.30. The van der Waals surface area contributed by atoms with Crippen LogP contribution in [0.3, 0.4) is 0 Å². The zero-order valence-electron chi connectivity index (χ0n) is 10.3. The summed E-state index contributed by atoms with van der Waals surface area (Å²) >= 11 is 6.04. The molecule has 1 aliphatic heterocycles. The van der Waals surface area contributed by atoms with E-state index < -0.39 is 0 Å². The summed E-state index contributed by atoms with van der Waals surface area (Å²) in [6.07, 6.45) is 4.35. The molecule has 4 heteroatoms. The largest absolute Gasteiger partial charge is 0.381 e. The lowest BCUT2D eigenvalue weighted by molar-refractivity contribution is 0.0415. The first-order valence-electron chi connectivity index (χ1n) is 6.29. The van der Waals surface area contributed by atoms with Crippen molar-refractivity contribution in [2.45, 2.75) is 38.1 Å². The van der Waals surface area contributed by atoms with E-state index in [1.807, 2.05) is 0 Å². The molecule has 0 aromatic heterocycles. The van der Waals surface area contributed by atoms with Crippen LogP contribution in [0.15, 0.2) is 0 Å². The Hall–Kier alpha value is 0.170. The van der Waals surface area contributed by atoms with Gasteiger partial charge in [0.15, 0.2) is 0 Å². The highest BCUT2D eigenvalue weighted by atomic mass is 35.5. The molecule has 1 fully saturated rings. The van der Waals surface area contributed by atoms with Gasteiger partial charge >= 0.3 is 0 Å². The normalized spacial score (nSPS) is 19.9. The number of hydrogen-bond donors (Lipinski definition) is 1. The van der Waals surface area contributed by atoms with Crippen molar-refractivity contribution in [3.05, 3.63) is 0 Å². The fraction of sp³-hybridized carbons (Fsp3) is 1.00. The van der Waals surface area contributed by atoms with Crippen LogP contribution in [-0.4, -0.2) is 44.4 Å². The van der Waals surface area contributed by atoms with Crippen molar-refractivity contribution in [2.75, 3.05) is 38.9 Å². The molecule has 96 valence electrons. The predicted molar refractivity (Wildman–Crippen MR) is 67.2 cm³/mol. The Bertz CT molecular complexity index is 172. The van der Waals surface area contributed by atoms with E-state index in [0.29, 0.717) is 5.88 Å². The molecule has 0 radical (unpaired) electrons. The van der Waals surface area contributed by atoms with Gasteiger partial charge in [0.1, 0.15) is 0 Å². The summed E-state index contributed by atoms with van der Waals surface area (Å²) in [6, 6.07) is 0. The van der Waals surface area contributed by atoms with Gasteiger partial charge in [0.2, 0.25) is 0 Å². The third-order valence-electron chi connectivity index (χ3n) is 3.09. The first-order chi connectivity index (χ1) is 7.83. The Morgan fingerprint density at radius 2 is 2.06 bits per heavy atom. The maximum Gasteiger partial charge on any atom is 0.0591 e. The zero-order chi connectivity index (χ0) is 11.7. The van der Waals surface area contributed by atoms with Crippen molar-refractivity contribution in [2.24, 2.45) is 0 Å². The Morgan fingerprint density at radius 1 is 1.31 bits per heavy atom. The lowest BCUT2D eigenvalue weighted by atomic mass is 9.92. The van der Waals surface area contributed by atoms with Crippen LogP contribution in [0.1, 0.15) is 32.6 Å². The van der Waals surface area contributed by atoms with Gasteiger partial charge in [-0.05, 0) is 19.3 Å². The molecule has 1 N–H and O–H groups in total. The van der Waals surface area contributed by atoms with Crippen molar-refractivity contribution in [3.8, 4) is 0 Å². The monoisotopic (exact) mass is 249 g/mol. The minimum atomic E-state index is 0.0773. The van der Waals surface area contributed by atoms with Gasteiger partial charge in [0, 0.05) is 37.8 Å². The third kappa shape index (κ3) is 5.00. The highest BCUT2D eigenvalue weighted by Crippen LogP contribution is 2.21. The Kier molecular flexibility index (Phi) is 7.37. The van der Waals surface area contributed by atoms with E-state index in [4.69, 9.17) is 21.1 Å². The minimum absolute atomic E-state index is 0.0773. The van der Waals surface area contributed by atoms with E-state index in [1.54, 1.807) is 0 Å². The van der Waals surface area contributed by atoms with Crippen LogP contribution >= 0.6 is 11.6 Å². The van der Waals surface area contributed by atoms with Gasteiger partial charge in [-0.15, -0.1) is 11.6 Å². The van der Waals surface area contributed by atoms with Crippen LogP contribution in [0.25, 0.3) is 0 Å². The molecule has 0 unspecified atom stereocenters. The number of nitrogens with one attached hydrogen (secondary N) is 1. The number of ether oxygens (including phenoxy) is 2. The van der Waals surface area contributed by atoms with Crippen LogP contribution in [-0.2, 0) is 9.47 Å². The molecular weight excluding hydrogens is 226 g/mol. The lowest BCUT2D eigenvalue weighted by Gasteiger charge is -2.36. The Labute approximate surface area is 104 Å². The van der Waals surface area contributed by atoms with E-state index in [2.05, 4.69) is 12.2 Å². The van der Waals surface area contributed by atoms with Crippen molar-refractivity contribution in [1.82, 2.24) is 5.32 Å². The molecular formula is C12H24ClNO2. The second-order valence-electron chi connectivity index (χ2n) is 4.42. The van der Waals surface area contributed by atoms with Gasteiger partial charge in [-0.1, -0.05) is 13.3 Å². The van der Waals surface area contributed by atoms with Gasteiger partial charge in [-0.2, -0.15) is 0 Å². The average Bonchev–Trinajstić information content (AvgIpc) is 2.35. The molecule has 1 saturated heterocycles. The fourth-order valence-corrected chi connectivity index (χ4v) is 2.22. The summed E-state index contributed by atoms with van der Waals surface area (Å²) in [5, 5.41) is 3.52. The zero-order valence-corrected chi connectivity index (χ0v) is 11.0. The first kappa shape index (κ1) is 14.2. The molecule has 0 atom stereocenters. The van der Waals surface area contributed by atoms with E-state index >= 15 is 0 Å². The van der Waals surface area contributed by atoms with Gasteiger partial charge in [-0.25, -0.2) is 0 Å². The molecule has 1 aliphatic rings. The Morgan fingerprint density at radius 3 is 2.69 bits per heavy atom. The summed E-state index contributed by atoms with van der Waals surface area (Å²) in [7, 11) is 0. The molecule has 0 aromatic carbocycles. The smallest absolute Gasteiger partial charge is 0.0591 e. The number of halogens is 1. The number of unbranched alkanes of at least 4 members (excludes halogenated alkanes) is 1. The molecule has 0 bridgehead atoms. The lowest BCUT2D eigenvalue weighted by Crippen LogP contribution is -2.52. The predicted octanol–water partition coefficient (Wildman–Crippen LogP) is 2.18. The van der Waals surface area contributed by atoms with Gasteiger partial charge in [0.25, 0.3) is 0 Å². The Balaban J connectivity index is 2.08. The maximum absolute atomic E-state index is 6.04. The molecule has 0 amide bonds. The average molecular weight is 250 g/mol. The molecule has 3 nitrogen and oxygen atoms in total. The minimum Gasteiger partial charge on any atom is -0.381 e. The fourth-order valence-electron chi connectivity index (χ4n) is 1.86. The van der Waals surface area contributed by atoms with E-state index in [-0.39, 0.29) is 5.54 Å². The van der Waals surface area contributed by atoms with Crippen LogP contribution in [0.2, 0.25) is 0 Å². The maximum atomic E-state index is 6.04. The molecule has 0 spiro atoms. The second kappa shape index (κ2) is 8.29. The van der Waals surface area contributed by atoms with Crippen LogP contribution in [0.4, 0.5) is 0 Å². The van der Waals surface area contributed by atoms with E-state index in [1.165, 1.54) is 6.42 Å². The van der Waals surface area contributed by atoms with Crippen molar-refractivity contribution in [3.63, 3.8) is 0 Å². The number of rotatable bonds is 8. The summed E-state index contributed by atoms with van der Waals surface area (Å²) in [4.78, 5) is 0. The molecule has 16 heavy (non-hydrogen) atoms. The molecule has 1 rings (SSSR count). The van der Waals surface area contributed by atoms with Gasteiger partial charge < -0.3 is 14.8 Å². The highest BCUT2D eigenvalue weighted by molar-refractivity contribution is 6.18. The van der Waals surface area contributed by atoms with E-state index in [0.717, 1.165) is 52.2 Å². The van der Waals surface area contributed by atoms with Crippen molar-refractivity contribution < 1.29 is 9.47 Å². The quantitative estimate of drug-likeness (QED) is 0.528. The molecule has 1 heterocycles. The van der Waals surface area contributed by atoms with Crippen LogP contribution in [0.5, 0.6) is 0 Å². The van der Waals surface area contributed by atoms with Gasteiger partial charge in [-0.3, -0.25) is 0 Å². The molecule has 0 aromatic rings. The molecule has 0 aliphatic carbocycles. The van der Waals surface area contributed by atoms with E-state index in [9.17, 15) is 0 Å². The van der Waals surface area contributed by atoms with Crippen LogP contribution < -0.4 is 5.32 Å². The third-order valence-corrected chi connectivity index (χ3v) is 3.61. The number of alkyl halides is 1. The summed E-state index contributed by atoms with van der Waals surface area (Å²) < 4.78 is 10.9. The van der Waals surface area contributed by atoms with Gasteiger partial charge in [0.05, 0.1) is 6.61 Å².